The standard InChI is InChI=1S/C15H23N3O/c1-3-18(13-8-6-12(16)7-9-13)15(19)14-5-4-10-17-11(14)2/h4-5,10,12-13H,3,6-9,16H2,1-2H3. The fourth-order valence-corrected chi connectivity index (χ4v) is 2.85. The van der Waals surface area contributed by atoms with Crippen LogP contribution in [0.3, 0.4) is 0 Å². The molecule has 2 N–H and O–H groups in total. The van der Waals surface area contributed by atoms with E-state index >= 15 is 0 Å². The molecule has 0 bridgehead atoms. The topological polar surface area (TPSA) is 59.2 Å². The average Bonchev–Trinajstić information content (AvgIpc) is 2.42. The Balaban J connectivity index is 2.13. The van der Waals surface area contributed by atoms with E-state index in [0.29, 0.717) is 12.1 Å². The van der Waals surface area contributed by atoms with Crippen molar-refractivity contribution in [2.45, 2.75) is 51.6 Å². The molecule has 1 aliphatic rings. The molecule has 1 aromatic rings. The van der Waals surface area contributed by atoms with Crippen LogP contribution >= 0.6 is 0 Å². The molecule has 0 spiro atoms. The lowest BCUT2D eigenvalue weighted by Crippen LogP contribution is -2.44. The van der Waals surface area contributed by atoms with Crippen molar-refractivity contribution in [1.29, 1.82) is 0 Å². The van der Waals surface area contributed by atoms with Gasteiger partial charge in [0.1, 0.15) is 0 Å². The van der Waals surface area contributed by atoms with Crippen molar-refractivity contribution in [1.82, 2.24) is 9.88 Å². The summed E-state index contributed by atoms with van der Waals surface area (Å²) in [5, 5.41) is 0. The fourth-order valence-electron chi connectivity index (χ4n) is 2.85. The van der Waals surface area contributed by atoms with Gasteiger partial charge in [0.25, 0.3) is 5.91 Å². The van der Waals surface area contributed by atoms with Gasteiger partial charge < -0.3 is 10.6 Å². The summed E-state index contributed by atoms with van der Waals surface area (Å²) < 4.78 is 0. The molecule has 104 valence electrons. The third-order valence-corrected chi connectivity index (χ3v) is 4.02. The highest BCUT2D eigenvalue weighted by Gasteiger charge is 2.27. The zero-order valence-corrected chi connectivity index (χ0v) is 11.8. The van der Waals surface area contributed by atoms with E-state index in [0.717, 1.165) is 43.5 Å². The van der Waals surface area contributed by atoms with Crippen LogP contribution in [0.4, 0.5) is 0 Å². The summed E-state index contributed by atoms with van der Waals surface area (Å²) >= 11 is 0. The minimum atomic E-state index is 0.105. The molecule has 19 heavy (non-hydrogen) atoms. The molecular formula is C15H23N3O. The summed E-state index contributed by atoms with van der Waals surface area (Å²) in [6.07, 6.45) is 5.78. The molecule has 4 heteroatoms. The molecule has 2 rings (SSSR count). The Hall–Kier alpha value is -1.42. The number of rotatable bonds is 3. The number of hydrogen-bond acceptors (Lipinski definition) is 3. The Labute approximate surface area is 115 Å². The van der Waals surface area contributed by atoms with Gasteiger partial charge in [-0.25, -0.2) is 0 Å². The van der Waals surface area contributed by atoms with Crippen molar-refractivity contribution in [3.8, 4) is 0 Å². The summed E-state index contributed by atoms with van der Waals surface area (Å²) in [6.45, 7) is 4.67. The predicted molar refractivity (Wildman–Crippen MR) is 75.9 cm³/mol. The molecular weight excluding hydrogens is 238 g/mol. The first-order valence-corrected chi connectivity index (χ1v) is 7.11. The molecule has 1 heterocycles. The van der Waals surface area contributed by atoms with Gasteiger partial charge in [-0.15, -0.1) is 0 Å². The maximum Gasteiger partial charge on any atom is 0.255 e. The van der Waals surface area contributed by atoms with Crippen molar-refractivity contribution >= 4 is 5.91 Å². The van der Waals surface area contributed by atoms with Crippen molar-refractivity contribution in [3.05, 3.63) is 29.6 Å². The van der Waals surface area contributed by atoms with Crippen molar-refractivity contribution < 1.29 is 4.79 Å². The van der Waals surface area contributed by atoms with Crippen LogP contribution in [0, 0.1) is 6.92 Å². The van der Waals surface area contributed by atoms with E-state index in [1.54, 1.807) is 6.20 Å². The molecule has 4 nitrogen and oxygen atoms in total. The second-order valence-corrected chi connectivity index (χ2v) is 5.30. The molecule has 0 radical (unpaired) electrons. The fraction of sp³-hybridized carbons (Fsp3) is 0.600. The first-order chi connectivity index (χ1) is 9.13. The van der Waals surface area contributed by atoms with E-state index in [9.17, 15) is 4.79 Å². The summed E-state index contributed by atoms with van der Waals surface area (Å²) in [6, 6.07) is 4.33. The van der Waals surface area contributed by atoms with E-state index < -0.39 is 0 Å². The van der Waals surface area contributed by atoms with Crippen LogP contribution in [0.25, 0.3) is 0 Å². The van der Waals surface area contributed by atoms with E-state index in [-0.39, 0.29) is 5.91 Å². The Morgan fingerprint density at radius 1 is 1.42 bits per heavy atom. The number of nitrogens with two attached hydrogens (primary N) is 1. The predicted octanol–water partition coefficient (Wildman–Crippen LogP) is 2.12. The lowest BCUT2D eigenvalue weighted by molar-refractivity contribution is 0.0639. The van der Waals surface area contributed by atoms with Crippen LogP contribution in [0.2, 0.25) is 0 Å². The molecule has 0 unspecified atom stereocenters. The Morgan fingerprint density at radius 2 is 2.11 bits per heavy atom. The molecule has 0 atom stereocenters. The van der Waals surface area contributed by atoms with E-state index in [2.05, 4.69) is 4.98 Å². The summed E-state index contributed by atoms with van der Waals surface area (Å²) in [5.74, 6) is 0.105. The second kappa shape index (κ2) is 6.15. The number of hydrogen-bond donors (Lipinski definition) is 1. The Kier molecular flexibility index (Phi) is 4.53. The van der Waals surface area contributed by atoms with Crippen LogP contribution in [0.5, 0.6) is 0 Å². The summed E-state index contributed by atoms with van der Waals surface area (Å²) in [5.41, 5.74) is 7.46. The molecule has 1 aliphatic carbocycles. The van der Waals surface area contributed by atoms with Crippen molar-refractivity contribution in [2.24, 2.45) is 5.73 Å². The maximum atomic E-state index is 12.6. The van der Waals surface area contributed by atoms with Gasteiger partial charge >= 0.3 is 0 Å². The number of amides is 1. The molecule has 1 fully saturated rings. The average molecular weight is 261 g/mol. The Bertz CT molecular complexity index is 439. The van der Waals surface area contributed by atoms with Crippen LogP contribution in [-0.2, 0) is 0 Å². The van der Waals surface area contributed by atoms with Gasteiger partial charge in [-0.05, 0) is 51.7 Å². The quantitative estimate of drug-likeness (QED) is 0.906. The van der Waals surface area contributed by atoms with Gasteiger partial charge in [-0.1, -0.05) is 0 Å². The number of aryl methyl sites for hydroxylation is 1. The molecule has 1 aromatic heterocycles. The second-order valence-electron chi connectivity index (χ2n) is 5.30. The lowest BCUT2D eigenvalue weighted by Gasteiger charge is -2.35. The minimum absolute atomic E-state index is 0.105. The third kappa shape index (κ3) is 3.13. The molecule has 1 amide bonds. The van der Waals surface area contributed by atoms with E-state index in [1.165, 1.54) is 0 Å². The van der Waals surface area contributed by atoms with Gasteiger partial charge in [0.05, 0.1) is 5.56 Å². The number of aromatic nitrogens is 1. The zero-order valence-electron chi connectivity index (χ0n) is 11.8. The summed E-state index contributed by atoms with van der Waals surface area (Å²) in [7, 11) is 0. The molecule has 0 aliphatic heterocycles. The van der Waals surface area contributed by atoms with Gasteiger partial charge in [0, 0.05) is 30.5 Å². The number of carbonyl (C=O) groups is 1. The molecule has 1 saturated carbocycles. The molecule has 0 saturated heterocycles. The Morgan fingerprint density at radius 3 is 2.68 bits per heavy atom. The number of pyridine rings is 1. The summed E-state index contributed by atoms with van der Waals surface area (Å²) in [4.78, 5) is 18.8. The van der Waals surface area contributed by atoms with Crippen molar-refractivity contribution in [2.75, 3.05) is 6.54 Å². The van der Waals surface area contributed by atoms with Crippen LogP contribution in [0.15, 0.2) is 18.3 Å². The van der Waals surface area contributed by atoms with E-state index in [4.69, 9.17) is 5.73 Å². The normalized spacial score (nSPS) is 23.1. The molecule has 0 aromatic carbocycles. The lowest BCUT2D eigenvalue weighted by atomic mass is 9.90. The maximum absolute atomic E-state index is 12.6. The monoisotopic (exact) mass is 261 g/mol. The number of carbonyl (C=O) groups excluding carboxylic acids is 1. The largest absolute Gasteiger partial charge is 0.336 e. The van der Waals surface area contributed by atoms with Gasteiger partial charge in [-0.2, -0.15) is 0 Å². The van der Waals surface area contributed by atoms with Crippen LogP contribution in [-0.4, -0.2) is 34.4 Å². The van der Waals surface area contributed by atoms with Gasteiger partial charge in [0.15, 0.2) is 0 Å². The first kappa shape index (κ1) is 14.0. The highest BCUT2D eigenvalue weighted by atomic mass is 16.2. The number of nitrogens with zero attached hydrogens (tertiary/aromatic N) is 2. The highest BCUT2D eigenvalue weighted by molar-refractivity contribution is 5.95. The van der Waals surface area contributed by atoms with Crippen molar-refractivity contribution in [3.63, 3.8) is 0 Å². The third-order valence-electron chi connectivity index (χ3n) is 4.02. The van der Waals surface area contributed by atoms with Gasteiger partial charge in [0.2, 0.25) is 0 Å². The smallest absolute Gasteiger partial charge is 0.255 e. The SMILES string of the molecule is CCN(C(=O)c1cccnc1C)C1CCC(N)CC1. The highest BCUT2D eigenvalue weighted by Crippen LogP contribution is 2.23. The zero-order chi connectivity index (χ0) is 13.8. The van der Waals surface area contributed by atoms with Crippen LogP contribution < -0.4 is 5.73 Å². The van der Waals surface area contributed by atoms with Crippen LogP contribution in [0.1, 0.15) is 48.7 Å². The first-order valence-electron chi connectivity index (χ1n) is 7.11. The minimum Gasteiger partial charge on any atom is -0.336 e. The van der Waals surface area contributed by atoms with E-state index in [1.807, 2.05) is 30.9 Å². The van der Waals surface area contributed by atoms with Gasteiger partial charge in [-0.3, -0.25) is 9.78 Å².